The van der Waals surface area contributed by atoms with Crippen molar-refractivity contribution in [2.75, 3.05) is 30.5 Å². The van der Waals surface area contributed by atoms with Crippen LogP contribution in [0.1, 0.15) is 31.0 Å². The van der Waals surface area contributed by atoms with Crippen molar-refractivity contribution < 1.29 is 23.9 Å². The van der Waals surface area contributed by atoms with E-state index in [0.717, 1.165) is 23.4 Å². The lowest BCUT2D eigenvalue weighted by Gasteiger charge is -2.23. The molecule has 1 aliphatic heterocycles. The molecule has 1 saturated heterocycles. The monoisotopic (exact) mass is 431 g/mol. The zero-order chi connectivity index (χ0) is 22.4. The quantitative estimate of drug-likeness (QED) is 0.493. The highest BCUT2D eigenvalue weighted by molar-refractivity contribution is 5.92. The summed E-state index contributed by atoms with van der Waals surface area (Å²) in [6, 6.07) is 4.88. The van der Waals surface area contributed by atoms with Gasteiger partial charge in [0.2, 0.25) is 11.7 Å². The molecule has 3 heterocycles. The minimum Gasteiger partial charge on any atom is -0.475 e. The van der Waals surface area contributed by atoms with Crippen molar-refractivity contribution in [3.63, 3.8) is 0 Å². The first kappa shape index (κ1) is 22.2. The van der Waals surface area contributed by atoms with Gasteiger partial charge in [0.1, 0.15) is 12.3 Å². The third-order valence-corrected chi connectivity index (χ3v) is 4.69. The number of nitrogens with zero attached hydrogens (tertiary/aromatic N) is 4. The molecule has 11 heteroatoms. The van der Waals surface area contributed by atoms with Crippen LogP contribution in [0.4, 0.5) is 22.0 Å². The number of nitrogens with two attached hydrogens (primary N) is 1. The van der Waals surface area contributed by atoms with E-state index in [-0.39, 0.29) is 43.2 Å². The summed E-state index contributed by atoms with van der Waals surface area (Å²) >= 11 is 0. The van der Waals surface area contributed by atoms with E-state index in [0.29, 0.717) is 12.2 Å². The molecule has 0 saturated carbocycles. The number of amides is 1. The molecule has 0 radical (unpaired) electrons. The third kappa shape index (κ3) is 5.57. The lowest BCUT2D eigenvalue weighted by atomic mass is 10.2. The largest absolute Gasteiger partial charge is 0.475 e. The maximum atomic E-state index is 12.7. The van der Waals surface area contributed by atoms with Crippen LogP contribution in [0.2, 0.25) is 0 Å². The van der Waals surface area contributed by atoms with Gasteiger partial charge in [-0.2, -0.15) is 4.98 Å². The molecular formula is C20H25N5O6. The van der Waals surface area contributed by atoms with E-state index in [4.69, 9.17) is 19.9 Å². The van der Waals surface area contributed by atoms with Crippen LogP contribution in [0, 0.1) is 17.0 Å². The highest BCUT2D eigenvalue weighted by Crippen LogP contribution is 2.37. The van der Waals surface area contributed by atoms with Gasteiger partial charge >= 0.3 is 11.8 Å². The van der Waals surface area contributed by atoms with Crippen LogP contribution >= 0.6 is 0 Å². The molecule has 1 fully saturated rings. The van der Waals surface area contributed by atoms with Crippen molar-refractivity contribution in [3.05, 3.63) is 45.8 Å². The Kier molecular flexibility index (Phi) is 7.19. The zero-order valence-electron chi connectivity index (χ0n) is 17.4. The van der Waals surface area contributed by atoms with Crippen molar-refractivity contribution in [1.82, 2.24) is 9.97 Å². The molecule has 0 spiro atoms. The minimum atomic E-state index is -0.762. The first-order valence-corrected chi connectivity index (χ1v) is 9.94. The van der Waals surface area contributed by atoms with Crippen LogP contribution in [0.25, 0.3) is 0 Å². The first-order chi connectivity index (χ1) is 14.9. The number of carbonyl (C=O) groups excluding carboxylic acids is 1. The van der Waals surface area contributed by atoms with Crippen molar-refractivity contribution in [2.24, 2.45) is 0 Å². The molecule has 1 amide bonds. The summed E-state index contributed by atoms with van der Waals surface area (Å²) in [6.45, 7) is 4.45. The number of hydrogen-bond donors (Lipinski definition) is 1. The Balaban J connectivity index is 1.97. The molecule has 166 valence electrons. The number of nitrogen functional groups attached to an aromatic ring is 1. The standard InChI is InChI=1S/C20H25N5O6/c1-3-29-20(26)24(11-14-7-6-13(2)22-10-14)16-9-17(23-19(21)18(16)25(27)28)31-12-15-5-4-8-30-15/h6-7,9-10,15H,3-5,8,11-12H2,1-2H3,(H2,21,23). The number of hydrogen-bond acceptors (Lipinski definition) is 9. The molecule has 3 rings (SSSR count). The van der Waals surface area contributed by atoms with Gasteiger partial charge in [-0.15, -0.1) is 0 Å². The predicted molar refractivity (Wildman–Crippen MR) is 112 cm³/mol. The van der Waals surface area contributed by atoms with Crippen LogP contribution < -0.4 is 15.4 Å². The topological polar surface area (TPSA) is 143 Å². The number of aromatic nitrogens is 2. The molecule has 2 aromatic rings. The maximum absolute atomic E-state index is 12.7. The fourth-order valence-electron chi connectivity index (χ4n) is 3.17. The molecule has 11 nitrogen and oxygen atoms in total. The normalized spacial score (nSPS) is 15.5. The maximum Gasteiger partial charge on any atom is 0.414 e. The van der Waals surface area contributed by atoms with Crippen LogP contribution in [0.15, 0.2) is 24.4 Å². The number of aryl methyl sites for hydroxylation is 1. The zero-order valence-corrected chi connectivity index (χ0v) is 17.4. The SMILES string of the molecule is CCOC(=O)N(Cc1ccc(C)nc1)c1cc(OCC2CCCO2)nc(N)c1[N+](=O)[O-]. The lowest BCUT2D eigenvalue weighted by molar-refractivity contribution is -0.383. The van der Waals surface area contributed by atoms with Gasteiger partial charge in [-0.05, 0) is 38.3 Å². The van der Waals surface area contributed by atoms with Gasteiger partial charge in [0.25, 0.3) is 0 Å². The Morgan fingerprint density at radius 1 is 1.45 bits per heavy atom. The molecule has 0 aromatic carbocycles. The van der Waals surface area contributed by atoms with E-state index in [2.05, 4.69) is 9.97 Å². The van der Waals surface area contributed by atoms with Gasteiger partial charge in [0.05, 0.1) is 24.2 Å². The fraction of sp³-hybridized carbons (Fsp3) is 0.450. The van der Waals surface area contributed by atoms with Gasteiger partial charge in [0.15, 0.2) is 0 Å². The molecule has 1 aliphatic rings. The van der Waals surface area contributed by atoms with E-state index >= 15 is 0 Å². The summed E-state index contributed by atoms with van der Waals surface area (Å²) in [7, 11) is 0. The van der Waals surface area contributed by atoms with E-state index in [1.54, 1.807) is 25.3 Å². The Hall–Kier alpha value is -3.47. The van der Waals surface area contributed by atoms with E-state index < -0.39 is 16.7 Å². The summed E-state index contributed by atoms with van der Waals surface area (Å²) in [5, 5.41) is 11.7. The van der Waals surface area contributed by atoms with Crippen molar-refractivity contribution >= 4 is 23.3 Å². The van der Waals surface area contributed by atoms with Gasteiger partial charge in [0, 0.05) is 24.6 Å². The molecule has 31 heavy (non-hydrogen) atoms. The molecule has 2 N–H and O–H groups in total. The average molecular weight is 431 g/mol. The summed E-state index contributed by atoms with van der Waals surface area (Å²) in [4.78, 5) is 33.1. The number of anilines is 2. The summed E-state index contributed by atoms with van der Waals surface area (Å²) in [6.07, 6.45) is 2.54. The molecule has 1 atom stereocenters. The van der Waals surface area contributed by atoms with E-state index in [1.807, 2.05) is 6.92 Å². The van der Waals surface area contributed by atoms with Gasteiger partial charge in [-0.1, -0.05) is 6.07 Å². The first-order valence-electron chi connectivity index (χ1n) is 9.94. The predicted octanol–water partition coefficient (Wildman–Crippen LogP) is 3.00. The minimum absolute atomic E-state index is 0.0123. The fourth-order valence-corrected chi connectivity index (χ4v) is 3.17. The Morgan fingerprint density at radius 2 is 2.26 bits per heavy atom. The Morgan fingerprint density at radius 3 is 2.87 bits per heavy atom. The van der Waals surface area contributed by atoms with Crippen molar-refractivity contribution in [1.29, 1.82) is 0 Å². The highest BCUT2D eigenvalue weighted by Gasteiger charge is 2.31. The lowest BCUT2D eigenvalue weighted by Crippen LogP contribution is -2.32. The Bertz CT molecular complexity index is 930. The molecule has 0 aliphatic carbocycles. The Labute approximate surface area is 179 Å². The summed E-state index contributed by atoms with van der Waals surface area (Å²) in [5.41, 5.74) is 6.76. The van der Waals surface area contributed by atoms with Crippen LogP contribution in [0.5, 0.6) is 5.88 Å². The second-order valence-corrected chi connectivity index (χ2v) is 7.01. The number of nitro groups is 1. The number of rotatable bonds is 8. The molecular weight excluding hydrogens is 406 g/mol. The molecule has 0 bridgehead atoms. The number of carbonyl (C=O) groups is 1. The second-order valence-electron chi connectivity index (χ2n) is 7.01. The van der Waals surface area contributed by atoms with Crippen LogP contribution in [0.3, 0.4) is 0 Å². The smallest absolute Gasteiger partial charge is 0.414 e. The molecule has 1 unspecified atom stereocenters. The van der Waals surface area contributed by atoms with E-state index in [9.17, 15) is 14.9 Å². The summed E-state index contributed by atoms with van der Waals surface area (Å²) in [5.74, 6) is -0.300. The van der Waals surface area contributed by atoms with Gasteiger partial charge in [-0.3, -0.25) is 20.0 Å². The third-order valence-electron chi connectivity index (χ3n) is 4.69. The number of ether oxygens (including phenoxy) is 3. The highest BCUT2D eigenvalue weighted by atomic mass is 16.6. The summed E-state index contributed by atoms with van der Waals surface area (Å²) < 4.78 is 16.3. The number of pyridine rings is 2. The average Bonchev–Trinajstić information content (AvgIpc) is 3.25. The van der Waals surface area contributed by atoms with Gasteiger partial charge < -0.3 is 19.9 Å². The molecule has 2 aromatic heterocycles. The van der Waals surface area contributed by atoms with Crippen LogP contribution in [-0.4, -0.2) is 46.9 Å². The van der Waals surface area contributed by atoms with Crippen molar-refractivity contribution in [3.8, 4) is 5.88 Å². The van der Waals surface area contributed by atoms with E-state index in [1.165, 1.54) is 6.07 Å². The van der Waals surface area contributed by atoms with Gasteiger partial charge in [-0.25, -0.2) is 4.79 Å². The second kappa shape index (κ2) is 10.0. The van der Waals surface area contributed by atoms with Crippen LogP contribution in [-0.2, 0) is 16.0 Å². The van der Waals surface area contributed by atoms with Crippen molar-refractivity contribution in [2.45, 2.75) is 39.3 Å².